The summed E-state index contributed by atoms with van der Waals surface area (Å²) in [6, 6.07) is 8.55. The summed E-state index contributed by atoms with van der Waals surface area (Å²) in [5.41, 5.74) is 7.76. The summed E-state index contributed by atoms with van der Waals surface area (Å²) >= 11 is 5.98. The quantitative estimate of drug-likeness (QED) is 0.838. The van der Waals surface area contributed by atoms with Crippen molar-refractivity contribution in [3.8, 4) is 11.8 Å². The van der Waals surface area contributed by atoms with Crippen LogP contribution < -0.4 is 11.1 Å². The van der Waals surface area contributed by atoms with Crippen LogP contribution in [0, 0.1) is 18.8 Å². The highest BCUT2D eigenvalue weighted by Gasteiger charge is 2.11. The number of rotatable bonds is 2. The van der Waals surface area contributed by atoms with Crippen molar-refractivity contribution in [2.24, 2.45) is 5.73 Å². The number of nitrogens with zero attached hydrogens (tertiary/aromatic N) is 1. The third kappa shape index (κ3) is 3.82. The fourth-order valence-corrected chi connectivity index (χ4v) is 1.96. The average molecular weight is 300 g/mol. The molecule has 3 N–H and O–H groups in total. The van der Waals surface area contributed by atoms with E-state index >= 15 is 0 Å². The summed E-state index contributed by atoms with van der Waals surface area (Å²) in [6.45, 7) is 2.03. The zero-order valence-electron chi connectivity index (χ0n) is 11.5. The summed E-state index contributed by atoms with van der Waals surface area (Å²) in [4.78, 5) is 16.4. The summed E-state index contributed by atoms with van der Waals surface area (Å²) in [5, 5.41) is 3.33. The molecule has 0 bridgehead atoms. The Bertz CT molecular complexity index is 732. The molecule has 0 spiro atoms. The van der Waals surface area contributed by atoms with Gasteiger partial charge in [0.15, 0.2) is 0 Å². The van der Waals surface area contributed by atoms with Gasteiger partial charge in [-0.25, -0.2) is 0 Å². The van der Waals surface area contributed by atoms with E-state index in [0.29, 0.717) is 27.5 Å². The summed E-state index contributed by atoms with van der Waals surface area (Å²) in [7, 11) is 0. The number of halogens is 1. The minimum Gasteiger partial charge on any atom is -0.321 e. The van der Waals surface area contributed by atoms with Crippen LogP contribution in [0.5, 0.6) is 0 Å². The largest absolute Gasteiger partial charge is 0.321 e. The van der Waals surface area contributed by atoms with E-state index in [1.807, 2.05) is 0 Å². The van der Waals surface area contributed by atoms with Gasteiger partial charge in [0.05, 0.1) is 17.8 Å². The van der Waals surface area contributed by atoms with Crippen molar-refractivity contribution in [3.05, 3.63) is 58.4 Å². The van der Waals surface area contributed by atoms with Crippen LogP contribution in [0.25, 0.3) is 0 Å². The second-order valence-electron chi connectivity index (χ2n) is 4.29. The minimum atomic E-state index is -0.251. The molecule has 0 aliphatic carbocycles. The van der Waals surface area contributed by atoms with Gasteiger partial charge in [0, 0.05) is 22.5 Å². The van der Waals surface area contributed by atoms with Crippen LogP contribution in [0.3, 0.4) is 0 Å². The number of benzene rings is 1. The zero-order chi connectivity index (χ0) is 15.2. The predicted octanol–water partition coefficient (Wildman–Crippen LogP) is 2.61. The van der Waals surface area contributed by atoms with Crippen LogP contribution in [-0.4, -0.2) is 17.4 Å². The number of pyridine rings is 1. The molecule has 0 aliphatic heterocycles. The predicted molar refractivity (Wildman–Crippen MR) is 84.3 cm³/mol. The van der Waals surface area contributed by atoms with Gasteiger partial charge < -0.3 is 11.1 Å². The van der Waals surface area contributed by atoms with Crippen molar-refractivity contribution in [3.63, 3.8) is 0 Å². The molecule has 2 aromatic rings. The first-order valence-electron chi connectivity index (χ1n) is 6.33. The van der Waals surface area contributed by atoms with E-state index in [2.05, 4.69) is 22.1 Å². The molecule has 0 saturated carbocycles. The second kappa shape index (κ2) is 6.89. The fourth-order valence-electron chi connectivity index (χ4n) is 1.79. The topological polar surface area (TPSA) is 68.0 Å². The Balaban J connectivity index is 2.33. The molecule has 1 aromatic carbocycles. The normalized spacial score (nSPS) is 9.67. The lowest BCUT2D eigenvalue weighted by Gasteiger charge is -2.09. The monoisotopic (exact) mass is 299 g/mol. The summed E-state index contributed by atoms with van der Waals surface area (Å²) < 4.78 is 0. The van der Waals surface area contributed by atoms with Crippen molar-refractivity contribution in [2.45, 2.75) is 6.92 Å². The van der Waals surface area contributed by atoms with Crippen molar-refractivity contribution >= 4 is 23.2 Å². The number of nitrogens with one attached hydrogen (secondary N) is 1. The summed E-state index contributed by atoms with van der Waals surface area (Å²) in [6.07, 6.45) is 1.64. The number of carbonyl (C=O) groups is 1. The minimum absolute atomic E-state index is 0.248. The molecule has 0 unspecified atom stereocenters. The van der Waals surface area contributed by atoms with Gasteiger partial charge in [0.25, 0.3) is 5.91 Å². The van der Waals surface area contributed by atoms with E-state index in [1.54, 1.807) is 43.5 Å². The zero-order valence-corrected chi connectivity index (χ0v) is 12.2. The number of hydrogen-bond acceptors (Lipinski definition) is 3. The van der Waals surface area contributed by atoms with Gasteiger partial charge >= 0.3 is 0 Å². The van der Waals surface area contributed by atoms with E-state index in [0.717, 1.165) is 0 Å². The van der Waals surface area contributed by atoms with Crippen LogP contribution in [0.2, 0.25) is 5.02 Å². The number of nitrogens with two attached hydrogens (primary N) is 1. The molecule has 1 aromatic heterocycles. The van der Waals surface area contributed by atoms with Crippen LogP contribution in [0.15, 0.2) is 36.5 Å². The standard InChI is InChI=1S/C16H14ClN3O/c1-11-14(5-3-9-19-11)16(21)20-15-10-13(17)7-6-12(15)4-2-8-18/h3,5-7,9-10H,8,18H2,1H3,(H,20,21). The Kier molecular flexibility index (Phi) is 4.94. The van der Waals surface area contributed by atoms with Gasteiger partial charge in [-0.05, 0) is 37.3 Å². The molecule has 0 fully saturated rings. The van der Waals surface area contributed by atoms with Gasteiger partial charge in [-0.3, -0.25) is 9.78 Å². The lowest BCUT2D eigenvalue weighted by atomic mass is 10.1. The number of amides is 1. The molecular weight excluding hydrogens is 286 g/mol. The average Bonchev–Trinajstić information content (AvgIpc) is 2.47. The second-order valence-corrected chi connectivity index (χ2v) is 4.72. The maximum atomic E-state index is 12.3. The SMILES string of the molecule is Cc1ncccc1C(=O)Nc1cc(Cl)ccc1C#CCN. The molecule has 0 aliphatic rings. The summed E-state index contributed by atoms with van der Waals surface area (Å²) in [5.74, 6) is 5.42. The van der Waals surface area contributed by atoms with Crippen molar-refractivity contribution in [2.75, 3.05) is 11.9 Å². The van der Waals surface area contributed by atoms with Crippen molar-refractivity contribution in [1.82, 2.24) is 4.98 Å². The van der Waals surface area contributed by atoms with Crippen LogP contribution in [0.1, 0.15) is 21.6 Å². The third-order valence-electron chi connectivity index (χ3n) is 2.81. The smallest absolute Gasteiger partial charge is 0.257 e. The molecule has 0 saturated heterocycles. The Morgan fingerprint density at radius 2 is 2.24 bits per heavy atom. The number of aromatic nitrogens is 1. The third-order valence-corrected chi connectivity index (χ3v) is 3.04. The van der Waals surface area contributed by atoms with Crippen LogP contribution in [-0.2, 0) is 0 Å². The van der Waals surface area contributed by atoms with E-state index < -0.39 is 0 Å². The first-order chi connectivity index (χ1) is 10.1. The number of anilines is 1. The molecule has 1 amide bonds. The maximum Gasteiger partial charge on any atom is 0.257 e. The lowest BCUT2D eigenvalue weighted by Crippen LogP contribution is -2.14. The van der Waals surface area contributed by atoms with Crippen LogP contribution >= 0.6 is 11.6 Å². The Morgan fingerprint density at radius 3 is 2.95 bits per heavy atom. The molecule has 106 valence electrons. The van der Waals surface area contributed by atoms with Gasteiger partial charge in [0.2, 0.25) is 0 Å². The lowest BCUT2D eigenvalue weighted by molar-refractivity contribution is 0.102. The van der Waals surface area contributed by atoms with Gasteiger partial charge in [-0.15, -0.1) is 0 Å². The fraction of sp³-hybridized carbons (Fsp3) is 0.125. The van der Waals surface area contributed by atoms with Crippen LogP contribution in [0.4, 0.5) is 5.69 Å². The molecular formula is C16H14ClN3O. The van der Waals surface area contributed by atoms with Crippen molar-refractivity contribution in [1.29, 1.82) is 0 Å². The molecule has 0 atom stereocenters. The van der Waals surface area contributed by atoms with Gasteiger partial charge in [-0.2, -0.15) is 0 Å². The van der Waals surface area contributed by atoms with Gasteiger partial charge in [-0.1, -0.05) is 23.4 Å². The molecule has 4 nitrogen and oxygen atoms in total. The van der Waals surface area contributed by atoms with Crippen molar-refractivity contribution < 1.29 is 4.79 Å². The highest BCUT2D eigenvalue weighted by molar-refractivity contribution is 6.31. The van der Waals surface area contributed by atoms with Gasteiger partial charge in [0.1, 0.15) is 0 Å². The van der Waals surface area contributed by atoms with E-state index in [-0.39, 0.29) is 12.5 Å². The number of aryl methyl sites for hydroxylation is 1. The van der Waals surface area contributed by atoms with E-state index in [4.69, 9.17) is 17.3 Å². The Labute approximate surface area is 128 Å². The maximum absolute atomic E-state index is 12.3. The molecule has 2 rings (SSSR count). The highest BCUT2D eigenvalue weighted by atomic mass is 35.5. The van der Waals surface area contributed by atoms with E-state index in [1.165, 1.54) is 0 Å². The molecule has 1 heterocycles. The molecule has 0 radical (unpaired) electrons. The number of hydrogen-bond donors (Lipinski definition) is 2. The molecule has 5 heteroatoms. The van der Waals surface area contributed by atoms with E-state index in [9.17, 15) is 4.79 Å². The first kappa shape index (κ1) is 15.0. The Morgan fingerprint density at radius 1 is 1.43 bits per heavy atom. The molecule has 21 heavy (non-hydrogen) atoms. The number of carbonyl (C=O) groups excluding carboxylic acids is 1. The Hall–Kier alpha value is -2.35. The first-order valence-corrected chi connectivity index (χ1v) is 6.71. The highest BCUT2D eigenvalue weighted by Crippen LogP contribution is 2.21.